The van der Waals surface area contributed by atoms with E-state index in [9.17, 15) is 0 Å². The summed E-state index contributed by atoms with van der Waals surface area (Å²) in [7, 11) is 0. The molecule has 6 unspecified atom stereocenters. The third-order valence-corrected chi connectivity index (χ3v) is 6.45. The van der Waals surface area contributed by atoms with E-state index in [4.69, 9.17) is 0 Å². The van der Waals surface area contributed by atoms with Gasteiger partial charge in [0.2, 0.25) is 0 Å². The highest BCUT2D eigenvalue weighted by atomic mass is 14.5. The van der Waals surface area contributed by atoms with E-state index in [1.54, 1.807) is 0 Å². The second-order valence-corrected chi connectivity index (χ2v) is 8.18. The maximum absolute atomic E-state index is 2.53. The summed E-state index contributed by atoms with van der Waals surface area (Å²) in [5.74, 6) is 7.74. The zero-order valence-corrected chi connectivity index (χ0v) is 13.4. The van der Waals surface area contributed by atoms with Gasteiger partial charge in [0.25, 0.3) is 0 Å². The third kappa shape index (κ3) is 2.78. The van der Waals surface area contributed by atoms with Crippen molar-refractivity contribution in [1.29, 1.82) is 0 Å². The van der Waals surface area contributed by atoms with Crippen LogP contribution < -0.4 is 0 Å². The molecular formula is C18H34. The molecule has 2 fully saturated rings. The summed E-state index contributed by atoms with van der Waals surface area (Å²) < 4.78 is 0. The molecule has 2 saturated carbocycles. The van der Waals surface area contributed by atoms with E-state index < -0.39 is 0 Å². The van der Waals surface area contributed by atoms with Gasteiger partial charge in [-0.2, -0.15) is 0 Å². The Kier molecular flexibility index (Phi) is 4.44. The molecule has 0 radical (unpaired) electrons. The normalized spacial score (nSPS) is 54.3. The first-order valence-electron chi connectivity index (χ1n) is 8.40. The minimum Gasteiger partial charge on any atom is -0.0625 e. The molecular weight excluding hydrogens is 216 g/mol. The maximum atomic E-state index is 2.53. The summed E-state index contributed by atoms with van der Waals surface area (Å²) in [5, 5.41) is 0. The molecule has 0 heteroatoms. The van der Waals surface area contributed by atoms with Crippen LogP contribution in [-0.4, -0.2) is 0 Å². The molecule has 18 heavy (non-hydrogen) atoms. The van der Waals surface area contributed by atoms with Crippen molar-refractivity contribution in [1.82, 2.24) is 0 Å². The van der Waals surface area contributed by atoms with E-state index in [1.807, 2.05) is 0 Å². The fourth-order valence-corrected chi connectivity index (χ4v) is 5.51. The van der Waals surface area contributed by atoms with Gasteiger partial charge >= 0.3 is 0 Å². The standard InChI is InChI=1S/C18H34/c1-11-7-15(5)18(16(6)8-11)17-10-13(3)12(2)9-14(17)4/h11-18H,7-10H2,1-6H3. The van der Waals surface area contributed by atoms with Gasteiger partial charge in [-0.3, -0.25) is 0 Å². The predicted molar refractivity (Wildman–Crippen MR) is 80.4 cm³/mol. The van der Waals surface area contributed by atoms with E-state index >= 15 is 0 Å². The average molecular weight is 250 g/mol. The van der Waals surface area contributed by atoms with Crippen LogP contribution in [0.15, 0.2) is 0 Å². The van der Waals surface area contributed by atoms with Gasteiger partial charge in [0.15, 0.2) is 0 Å². The number of rotatable bonds is 1. The van der Waals surface area contributed by atoms with E-state index in [1.165, 1.54) is 25.7 Å². The fraction of sp³-hybridized carbons (Fsp3) is 1.00. The van der Waals surface area contributed by atoms with Crippen LogP contribution in [0.25, 0.3) is 0 Å². The first kappa shape index (κ1) is 14.4. The zero-order chi connectivity index (χ0) is 13.4. The molecule has 0 saturated heterocycles. The van der Waals surface area contributed by atoms with Crippen molar-refractivity contribution in [3.8, 4) is 0 Å². The second kappa shape index (κ2) is 5.55. The lowest BCUT2D eigenvalue weighted by atomic mass is 9.57. The van der Waals surface area contributed by atoms with Crippen molar-refractivity contribution in [2.75, 3.05) is 0 Å². The largest absolute Gasteiger partial charge is 0.0625 e. The monoisotopic (exact) mass is 250 g/mol. The molecule has 0 N–H and O–H groups in total. The molecule has 0 aromatic rings. The molecule has 0 nitrogen and oxygen atoms in total. The van der Waals surface area contributed by atoms with E-state index in [0.29, 0.717) is 0 Å². The van der Waals surface area contributed by atoms with Gasteiger partial charge in [-0.15, -0.1) is 0 Å². The minimum atomic E-state index is 0.948. The summed E-state index contributed by atoms with van der Waals surface area (Å²) in [4.78, 5) is 0. The SMILES string of the molecule is CC1CC(C)C(C2CC(C)C(C)CC2C)C(C)C1. The van der Waals surface area contributed by atoms with Gasteiger partial charge in [0.05, 0.1) is 0 Å². The molecule has 106 valence electrons. The predicted octanol–water partition coefficient (Wildman–Crippen LogP) is 5.62. The molecule has 0 amide bonds. The van der Waals surface area contributed by atoms with Crippen LogP contribution in [0.4, 0.5) is 0 Å². The Morgan fingerprint density at radius 3 is 1.56 bits per heavy atom. The van der Waals surface area contributed by atoms with E-state index in [0.717, 1.165) is 47.3 Å². The summed E-state index contributed by atoms with van der Waals surface area (Å²) in [6.07, 6.45) is 5.91. The highest BCUT2D eigenvalue weighted by Crippen LogP contribution is 2.50. The van der Waals surface area contributed by atoms with Gasteiger partial charge in [0, 0.05) is 0 Å². The first-order valence-corrected chi connectivity index (χ1v) is 8.40. The molecule has 6 atom stereocenters. The van der Waals surface area contributed by atoms with Crippen LogP contribution in [-0.2, 0) is 0 Å². The smallest absolute Gasteiger partial charge is 0.0331 e. The lowest BCUT2D eigenvalue weighted by molar-refractivity contribution is 0.00849. The van der Waals surface area contributed by atoms with Gasteiger partial charge in [-0.05, 0) is 73.0 Å². The molecule has 0 aromatic heterocycles. The van der Waals surface area contributed by atoms with Gasteiger partial charge < -0.3 is 0 Å². The summed E-state index contributed by atoms with van der Waals surface area (Å²) >= 11 is 0. The van der Waals surface area contributed by atoms with Crippen molar-refractivity contribution in [3.05, 3.63) is 0 Å². The Balaban J connectivity index is 2.09. The quantitative estimate of drug-likeness (QED) is 0.566. The highest BCUT2D eigenvalue weighted by Gasteiger charge is 2.41. The molecule has 0 aliphatic heterocycles. The van der Waals surface area contributed by atoms with Crippen molar-refractivity contribution >= 4 is 0 Å². The molecule has 2 aliphatic carbocycles. The fourth-order valence-electron chi connectivity index (χ4n) is 5.51. The Morgan fingerprint density at radius 1 is 0.500 bits per heavy atom. The third-order valence-electron chi connectivity index (χ3n) is 6.45. The number of hydrogen-bond donors (Lipinski definition) is 0. The average Bonchev–Trinajstić information content (AvgIpc) is 2.24. The van der Waals surface area contributed by atoms with Crippen LogP contribution in [0.1, 0.15) is 67.2 Å². The van der Waals surface area contributed by atoms with Gasteiger partial charge in [-0.25, -0.2) is 0 Å². The van der Waals surface area contributed by atoms with Crippen molar-refractivity contribution in [2.45, 2.75) is 67.2 Å². The van der Waals surface area contributed by atoms with Crippen LogP contribution in [0.2, 0.25) is 0 Å². The Labute approximate surface area is 115 Å². The molecule has 0 aromatic carbocycles. The summed E-state index contributed by atoms with van der Waals surface area (Å²) in [6.45, 7) is 15.0. The van der Waals surface area contributed by atoms with E-state index in [2.05, 4.69) is 41.5 Å². The zero-order valence-electron chi connectivity index (χ0n) is 13.4. The lowest BCUT2D eigenvalue weighted by Crippen LogP contribution is -2.41. The van der Waals surface area contributed by atoms with E-state index in [-0.39, 0.29) is 0 Å². The Morgan fingerprint density at radius 2 is 1.00 bits per heavy atom. The number of hydrogen-bond acceptors (Lipinski definition) is 0. The van der Waals surface area contributed by atoms with Crippen molar-refractivity contribution < 1.29 is 0 Å². The first-order chi connectivity index (χ1) is 8.40. The molecule has 2 rings (SSSR count). The summed E-state index contributed by atoms with van der Waals surface area (Å²) in [5.41, 5.74) is 0. The molecule has 0 spiro atoms. The van der Waals surface area contributed by atoms with Crippen molar-refractivity contribution in [3.63, 3.8) is 0 Å². The van der Waals surface area contributed by atoms with Crippen molar-refractivity contribution in [2.24, 2.45) is 47.3 Å². The lowest BCUT2D eigenvalue weighted by Gasteiger charge is -2.48. The topological polar surface area (TPSA) is 0 Å². The van der Waals surface area contributed by atoms with Crippen LogP contribution in [0.5, 0.6) is 0 Å². The minimum absolute atomic E-state index is 0.948. The molecule has 2 aliphatic rings. The van der Waals surface area contributed by atoms with Gasteiger partial charge in [-0.1, -0.05) is 41.5 Å². The Bertz CT molecular complexity index is 257. The van der Waals surface area contributed by atoms with Crippen LogP contribution >= 0.6 is 0 Å². The van der Waals surface area contributed by atoms with Crippen LogP contribution in [0.3, 0.4) is 0 Å². The Hall–Kier alpha value is 0. The highest BCUT2D eigenvalue weighted by molar-refractivity contribution is 4.91. The van der Waals surface area contributed by atoms with Gasteiger partial charge in [0.1, 0.15) is 0 Å². The maximum Gasteiger partial charge on any atom is -0.0331 e. The summed E-state index contributed by atoms with van der Waals surface area (Å²) in [6, 6.07) is 0. The molecule has 0 heterocycles. The second-order valence-electron chi connectivity index (χ2n) is 8.18. The van der Waals surface area contributed by atoms with Crippen LogP contribution in [0, 0.1) is 47.3 Å². The molecule has 0 bridgehead atoms.